The largest absolute Gasteiger partial charge is 0.356 e. The van der Waals surface area contributed by atoms with Crippen LogP contribution in [-0.4, -0.2) is 44.4 Å². The maximum atomic E-state index is 14.3. The molecule has 1 fully saturated rings. The van der Waals surface area contributed by atoms with Crippen molar-refractivity contribution >= 4 is 29.1 Å². The molecule has 1 aliphatic heterocycles. The summed E-state index contributed by atoms with van der Waals surface area (Å²) < 4.78 is 19.9. The van der Waals surface area contributed by atoms with E-state index in [-0.39, 0.29) is 11.7 Å². The standard InChI is InChI=1S/C23H22FN7OS/c1-33-17-4-5-19(18(24)11-17)28-20-12-21(27-14-26-20)31-9-6-15(7-10-31)23-29-22(30-32-23)16-3-2-8-25-13-16/h2-5,8,11-15H,6-7,9-10H2,1H3,(H,26,27,28). The van der Waals surface area contributed by atoms with Gasteiger partial charge in [-0.15, -0.1) is 11.8 Å². The molecule has 1 N–H and O–H groups in total. The number of nitrogens with zero attached hydrogens (tertiary/aromatic N) is 6. The molecule has 4 heterocycles. The van der Waals surface area contributed by atoms with E-state index in [1.165, 1.54) is 24.2 Å². The average Bonchev–Trinajstić information content (AvgIpc) is 3.37. The second kappa shape index (κ2) is 9.53. The van der Waals surface area contributed by atoms with Gasteiger partial charge < -0.3 is 14.7 Å². The molecule has 3 aromatic heterocycles. The smallest absolute Gasteiger partial charge is 0.230 e. The van der Waals surface area contributed by atoms with Crippen molar-refractivity contribution in [2.24, 2.45) is 0 Å². The van der Waals surface area contributed by atoms with Gasteiger partial charge in [0, 0.05) is 47.9 Å². The predicted octanol–water partition coefficient (Wildman–Crippen LogP) is 4.91. The fourth-order valence-corrected chi connectivity index (χ4v) is 4.24. The van der Waals surface area contributed by atoms with E-state index in [0.29, 0.717) is 23.2 Å². The molecular formula is C23H22FN7OS. The lowest BCUT2D eigenvalue weighted by molar-refractivity contribution is 0.329. The van der Waals surface area contributed by atoms with Crippen molar-refractivity contribution in [1.82, 2.24) is 25.1 Å². The Hall–Kier alpha value is -3.53. The molecule has 4 aromatic rings. The summed E-state index contributed by atoms with van der Waals surface area (Å²) in [6.45, 7) is 1.59. The van der Waals surface area contributed by atoms with E-state index in [4.69, 9.17) is 4.52 Å². The summed E-state index contributed by atoms with van der Waals surface area (Å²) in [4.78, 5) is 20.4. The maximum absolute atomic E-state index is 14.3. The third kappa shape index (κ3) is 4.80. The number of pyridine rings is 1. The van der Waals surface area contributed by atoms with Gasteiger partial charge in [0.05, 0.1) is 5.69 Å². The van der Waals surface area contributed by atoms with Gasteiger partial charge in [0.25, 0.3) is 0 Å². The quantitative estimate of drug-likeness (QED) is 0.400. The number of piperidine rings is 1. The summed E-state index contributed by atoms with van der Waals surface area (Å²) in [7, 11) is 0. The van der Waals surface area contributed by atoms with E-state index in [0.717, 1.165) is 42.2 Å². The third-order valence-corrected chi connectivity index (χ3v) is 6.35. The van der Waals surface area contributed by atoms with Crippen molar-refractivity contribution in [2.45, 2.75) is 23.7 Å². The molecule has 0 aliphatic carbocycles. The summed E-state index contributed by atoms with van der Waals surface area (Å²) >= 11 is 1.50. The van der Waals surface area contributed by atoms with Gasteiger partial charge in [0.1, 0.15) is 23.8 Å². The fourth-order valence-electron chi connectivity index (χ4n) is 3.82. The Labute approximate surface area is 194 Å². The van der Waals surface area contributed by atoms with Crippen LogP contribution in [0.2, 0.25) is 0 Å². The monoisotopic (exact) mass is 463 g/mol. The zero-order valence-corrected chi connectivity index (χ0v) is 18.8. The van der Waals surface area contributed by atoms with Gasteiger partial charge in [0.15, 0.2) is 0 Å². The Kier molecular flexibility index (Phi) is 6.16. The van der Waals surface area contributed by atoms with Crippen LogP contribution in [0.15, 0.2) is 64.5 Å². The maximum Gasteiger partial charge on any atom is 0.230 e. The Morgan fingerprint density at radius 3 is 2.79 bits per heavy atom. The highest BCUT2D eigenvalue weighted by Gasteiger charge is 2.26. The molecule has 0 unspecified atom stereocenters. The number of thioether (sulfide) groups is 1. The highest BCUT2D eigenvalue weighted by Crippen LogP contribution is 2.31. The molecule has 1 aliphatic rings. The summed E-state index contributed by atoms with van der Waals surface area (Å²) in [6, 6.07) is 10.7. The van der Waals surface area contributed by atoms with Crippen molar-refractivity contribution in [2.75, 3.05) is 29.6 Å². The van der Waals surface area contributed by atoms with Gasteiger partial charge in [-0.3, -0.25) is 4.98 Å². The molecule has 0 saturated carbocycles. The predicted molar refractivity (Wildman–Crippen MR) is 125 cm³/mol. The van der Waals surface area contributed by atoms with E-state index in [2.05, 4.69) is 35.3 Å². The van der Waals surface area contributed by atoms with Crippen molar-refractivity contribution in [1.29, 1.82) is 0 Å². The SMILES string of the molecule is CSc1ccc(Nc2cc(N3CCC(c4nc(-c5cccnc5)no4)CC3)ncn2)c(F)c1. The van der Waals surface area contributed by atoms with Crippen LogP contribution in [0.3, 0.4) is 0 Å². The number of hydrogen-bond donors (Lipinski definition) is 1. The molecule has 0 radical (unpaired) electrons. The van der Waals surface area contributed by atoms with E-state index < -0.39 is 0 Å². The Balaban J connectivity index is 1.23. The summed E-state index contributed by atoms with van der Waals surface area (Å²) in [5, 5.41) is 7.16. The van der Waals surface area contributed by atoms with Gasteiger partial charge in [-0.05, 0) is 49.4 Å². The molecule has 10 heteroatoms. The number of hydrogen-bond acceptors (Lipinski definition) is 9. The minimum Gasteiger partial charge on any atom is -0.356 e. The molecule has 0 bridgehead atoms. The van der Waals surface area contributed by atoms with Crippen molar-refractivity contribution in [3.05, 3.63) is 66.8 Å². The van der Waals surface area contributed by atoms with Crippen LogP contribution in [0.1, 0.15) is 24.7 Å². The number of aromatic nitrogens is 5. The normalized spacial score (nSPS) is 14.4. The van der Waals surface area contributed by atoms with Crippen molar-refractivity contribution < 1.29 is 8.91 Å². The van der Waals surface area contributed by atoms with Gasteiger partial charge in [-0.2, -0.15) is 4.98 Å². The molecule has 0 amide bonds. The molecule has 0 spiro atoms. The highest BCUT2D eigenvalue weighted by atomic mass is 32.2. The fraction of sp³-hybridized carbons (Fsp3) is 0.261. The topological polar surface area (TPSA) is 92.9 Å². The van der Waals surface area contributed by atoms with Gasteiger partial charge in [-0.1, -0.05) is 5.16 Å². The Morgan fingerprint density at radius 1 is 1.15 bits per heavy atom. The van der Waals surface area contributed by atoms with Crippen LogP contribution in [0.4, 0.5) is 21.7 Å². The first-order valence-electron chi connectivity index (χ1n) is 10.6. The van der Waals surface area contributed by atoms with Gasteiger partial charge >= 0.3 is 0 Å². The van der Waals surface area contributed by atoms with Crippen LogP contribution in [0.25, 0.3) is 11.4 Å². The molecule has 33 heavy (non-hydrogen) atoms. The molecule has 5 rings (SSSR count). The second-order valence-electron chi connectivity index (χ2n) is 7.69. The summed E-state index contributed by atoms with van der Waals surface area (Å²) in [5.41, 5.74) is 1.22. The van der Waals surface area contributed by atoms with E-state index in [1.807, 2.05) is 30.5 Å². The number of anilines is 3. The van der Waals surface area contributed by atoms with Crippen LogP contribution in [0, 0.1) is 5.82 Å². The minimum absolute atomic E-state index is 0.197. The zero-order valence-electron chi connectivity index (χ0n) is 18.0. The first-order valence-corrected chi connectivity index (χ1v) is 11.8. The average molecular weight is 464 g/mol. The minimum atomic E-state index is -0.312. The number of benzene rings is 1. The number of nitrogens with one attached hydrogen (secondary N) is 1. The zero-order chi connectivity index (χ0) is 22.6. The van der Waals surface area contributed by atoms with E-state index in [1.54, 1.807) is 18.5 Å². The molecular weight excluding hydrogens is 441 g/mol. The lowest BCUT2D eigenvalue weighted by Gasteiger charge is -2.31. The van der Waals surface area contributed by atoms with Crippen LogP contribution in [0.5, 0.6) is 0 Å². The summed E-state index contributed by atoms with van der Waals surface area (Å²) in [6.07, 6.45) is 8.58. The van der Waals surface area contributed by atoms with Crippen LogP contribution < -0.4 is 10.2 Å². The van der Waals surface area contributed by atoms with E-state index >= 15 is 0 Å². The second-order valence-corrected chi connectivity index (χ2v) is 8.57. The molecule has 1 saturated heterocycles. The molecule has 1 aromatic carbocycles. The number of halogens is 1. The Morgan fingerprint density at radius 2 is 2.03 bits per heavy atom. The lowest BCUT2D eigenvalue weighted by atomic mass is 9.97. The molecule has 168 valence electrons. The van der Waals surface area contributed by atoms with Gasteiger partial charge in [0.2, 0.25) is 11.7 Å². The first kappa shape index (κ1) is 21.3. The van der Waals surface area contributed by atoms with Crippen LogP contribution in [-0.2, 0) is 0 Å². The third-order valence-electron chi connectivity index (χ3n) is 5.62. The van der Waals surface area contributed by atoms with Crippen LogP contribution >= 0.6 is 11.8 Å². The van der Waals surface area contributed by atoms with Crippen molar-refractivity contribution in [3.63, 3.8) is 0 Å². The van der Waals surface area contributed by atoms with Gasteiger partial charge in [-0.25, -0.2) is 14.4 Å². The number of rotatable bonds is 6. The molecule has 0 atom stereocenters. The van der Waals surface area contributed by atoms with Crippen molar-refractivity contribution in [3.8, 4) is 11.4 Å². The lowest BCUT2D eigenvalue weighted by Crippen LogP contribution is -2.33. The highest BCUT2D eigenvalue weighted by molar-refractivity contribution is 7.98. The first-order chi connectivity index (χ1) is 16.2. The Bertz CT molecular complexity index is 1230. The molecule has 8 nitrogen and oxygen atoms in total. The van der Waals surface area contributed by atoms with E-state index in [9.17, 15) is 4.39 Å². The summed E-state index contributed by atoms with van der Waals surface area (Å²) in [5.74, 6) is 2.45.